The van der Waals surface area contributed by atoms with E-state index in [9.17, 15) is 8.78 Å². The fraction of sp³-hybridized carbons (Fsp3) is 0.333. The molecule has 0 saturated carbocycles. The summed E-state index contributed by atoms with van der Waals surface area (Å²) in [7, 11) is 0. The first-order valence-corrected chi connectivity index (χ1v) is 5.95. The highest BCUT2D eigenvalue weighted by Crippen LogP contribution is 2.18. The van der Waals surface area contributed by atoms with Gasteiger partial charge in [-0.25, -0.2) is 8.78 Å². The van der Waals surface area contributed by atoms with Crippen LogP contribution in [-0.4, -0.2) is 27.8 Å². The molecule has 2 rings (SSSR count). The van der Waals surface area contributed by atoms with E-state index in [-0.39, 0.29) is 12.3 Å². The van der Waals surface area contributed by atoms with Gasteiger partial charge < -0.3 is 9.63 Å². The summed E-state index contributed by atoms with van der Waals surface area (Å²) in [6.45, 7) is 0. The second-order valence-electron chi connectivity index (χ2n) is 3.98. The first-order chi connectivity index (χ1) is 9.06. The minimum atomic E-state index is -2.83. The Morgan fingerprint density at radius 1 is 1.32 bits per heavy atom. The van der Waals surface area contributed by atoms with Crippen LogP contribution < -0.4 is 0 Å². The topological polar surface area (TPSA) is 59.2 Å². The smallest absolute Gasteiger partial charge is 0.264 e. The molecule has 102 valence electrons. The van der Waals surface area contributed by atoms with Crippen LogP contribution in [0.15, 0.2) is 28.8 Å². The molecule has 4 nitrogen and oxygen atoms in total. The predicted molar refractivity (Wildman–Crippen MR) is 64.3 cm³/mol. The van der Waals surface area contributed by atoms with Crippen molar-refractivity contribution in [3.05, 3.63) is 46.6 Å². The molecule has 1 N–H and O–H groups in total. The Morgan fingerprint density at radius 2 is 2.05 bits per heavy atom. The van der Waals surface area contributed by atoms with Gasteiger partial charge in [-0.3, -0.25) is 0 Å². The number of hydrogen-bond acceptors (Lipinski definition) is 4. The lowest BCUT2D eigenvalue weighted by atomic mass is 10.1. The Morgan fingerprint density at radius 3 is 2.74 bits per heavy atom. The minimum absolute atomic E-state index is 0.0187. The highest BCUT2D eigenvalue weighted by Gasteiger charge is 2.20. The summed E-state index contributed by atoms with van der Waals surface area (Å²) in [6, 6.07) is 7.17. The maximum Gasteiger partial charge on any atom is 0.264 e. The number of rotatable bonds is 5. The summed E-state index contributed by atoms with van der Waals surface area (Å²) < 4.78 is 29.1. The quantitative estimate of drug-likeness (QED) is 0.918. The minimum Gasteiger partial charge on any atom is -0.387 e. The number of aromatic nitrogens is 2. The van der Waals surface area contributed by atoms with Crippen molar-refractivity contribution in [2.45, 2.75) is 25.4 Å². The number of hydrogen-bond donors (Lipinski definition) is 1. The highest BCUT2D eigenvalue weighted by molar-refractivity contribution is 6.31. The van der Waals surface area contributed by atoms with Crippen molar-refractivity contribution >= 4 is 11.6 Å². The van der Waals surface area contributed by atoms with E-state index >= 15 is 0 Å². The van der Waals surface area contributed by atoms with Gasteiger partial charge in [0.25, 0.3) is 6.43 Å². The van der Waals surface area contributed by atoms with Crippen molar-refractivity contribution in [3.8, 4) is 0 Å². The van der Waals surface area contributed by atoms with Crippen LogP contribution in [0.2, 0.25) is 5.02 Å². The van der Waals surface area contributed by atoms with Crippen LogP contribution >= 0.6 is 11.6 Å². The van der Waals surface area contributed by atoms with E-state index in [0.29, 0.717) is 17.3 Å². The van der Waals surface area contributed by atoms with Crippen LogP contribution in [-0.2, 0) is 12.8 Å². The second kappa shape index (κ2) is 6.08. The molecule has 0 saturated heterocycles. The van der Waals surface area contributed by atoms with Gasteiger partial charge in [0.2, 0.25) is 5.89 Å². The summed E-state index contributed by atoms with van der Waals surface area (Å²) in [5.41, 5.74) is 0.811. The van der Waals surface area contributed by atoms with Crippen molar-refractivity contribution in [1.82, 2.24) is 10.1 Å². The van der Waals surface area contributed by atoms with Crippen molar-refractivity contribution in [1.29, 1.82) is 0 Å². The van der Waals surface area contributed by atoms with Crippen LogP contribution in [0.25, 0.3) is 0 Å². The standard InChI is InChI=1S/C12H11ClF2N2O2/c13-8-4-2-1-3-7(8)5-10-16-11(19-17-10)6-9(18)12(14)15/h1-4,9,12,18H,5-6H2. The monoisotopic (exact) mass is 288 g/mol. The summed E-state index contributed by atoms with van der Waals surface area (Å²) >= 11 is 5.98. The zero-order valence-electron chi connectivity index (χ0n) is 9.76. The van der Waals surface area contributed by atoms with Gasteiger partial charge >= 0.3 is 0 Å². The second-order valence-corrected chi connectivity index (χ2v) is 4.39. The SMILES string of the molecule is OC(Cc1nc(Cc2ccccc2Cl)no1)C(F)F. The normalized spacial score (nSPS) is 12.9. The Hall–Kier alpha value is -1.53. The molecular weight excluding hydrogens is 278 g/mol. The van der Waals surface area contributed by atoms with Crippen LogP contribution in [0.5, 0.6) is 0 Å². The van der Waals surface area contributed by atoms with Crippen molar-refractivity contribution < 1.29 is 18.4 Å². The Kier molecular flexibility index (Phi) is 4.44. The van der Waals surface area contributed by atoms with Gasteiger partial charge in [-0.2, -0.15) is 4.98 Å². The lowest BCUT2D eigenvalue weighted by Gasteiger charge is -2.04. The molecule has 7 heteroatoms. The Labute approximate surface area is 113 Å². The maximum atomic E-state index is 12.2. The van der Waals surface area contributed by atoms with E-state index in [0.717, 1.165) is 5.56 Å². The third kappa shape index (κ3) is 3.71. The van der Waals surface area contributed by atoms with Gasteiger partial charge in [-0.1, -0.05) is 35.0 Å². The molecular formula is C12H11ClF2N2O2. The van der Waals surface area contributed by atoms with Gasteiger partial charge in [0, 0.05) is 11.4 Å². The third-order valence-corrected chi connectivity index (χ3v) is 2.86. The lowest BCUT2D eigenvalue weighted by molar-refractivity contribution is -0.00754. The Bertz CT molecular complexity index is 548. The van der Waals surface area contributed by atoms with Crippen molar-refractivity contribution in [2.24, 2.45) is 0 Å². The highest BCUT2D eigenvalue weighted by atomic mass is 35.5. The zero-order chi connectivity index (χ0) is 13.8. The van der Waals surface area contributed by atoms with E-state index in [1.807, 2.05) is 12.1 Å². The van der Waals surface area contributed by atoms with Gasteiger partial charge in [0.1, 0.15) is 6.10 Å². The number of halogens is 3. The molecule has 0 aliphatic rings. The van der Waals surface area contributed by atoms with Crippen molar-refractivity contribution in [3.63, 3.8) is 0 Å². The summed E-state index contributed by atoms with van der Waals surface area (Å²) in [5.74, 6) is 0.319. The fourth-order valence-corrected chi connectivity index (χ4v) is 1.73. The van der Waals surface area contributed by atoms with Gasteiger partial charge in [-0.05, 0) is 11.6 Å². The molecule has 1 atom stereocenters. The zero-order valence-corrected chi connectivity index (χ0v) is 10.5. The third-order valence-electron chi connectivity index (χ3n) is 2.49. The molecule has 0 fully saturated rings. The van der Waals surface area contributed by atoms with E-state index in [4.69, 9.17) is 21.2 Å². The number of aliphatic hydroxyl groups is 1. The van der Waals surface area contributed by atoms with Gasteiger partial charge in [-0.15, -0.1) is 0 Å². The van der Waals surface area contributed by atoms with Crippen LogP contribution in [0.3, 0.4) is 0 Å². The number of alkyl halides is 2. The molecule has 0 spiro atoms. The number of aliphatic hydroxyl groups excluding tert-OH is 1. The first kappa shape index (κ1) is 13.9. The van der Waals surface area contributed by atoms with E-state index < -0.39 is 12.5 Å². The Balaban J connectivity index is 2.04. The van der Waals surface area contributed by atoms with Crippen LogP contribution in [0, 0.1) is 0 Å². The molecule has 1 aromatic heterocycles. The van der Waals surface area contributed by atoms with Crippen molar-refractivity contribution in [2.75, 3.05) is 0 Å². The summed E-state index contributed by atoms with van der Waals surface area (Å²) in [5, 5.41) is 13.3. The largest absolute Gasteiger partial charge is 0.387 e. The van der Waals surface area contributed by atoms with E-state index in [2.05, 4.69) is 10.1 Å². The molecule has 2 aromatic rings. The average molecular weight is 289 g/mol. The molecule has 0 aliphatic heterocycles. The average Bonchev–Trinajstić information content (AvgIpc) is 2.79. The fourth-order valence-electron chi connectivity index (χ4n) is 1.52. The molecule has 0 radical (unpaired) electrons. The predicted octanol–water partition coefficient (Wildman–Crippen LogP) is 2.48. The molecule has 0 aliphatic carbocycles. The molecule has 1 heterocycles. The molecule has 19 heavy (non-hydrogen) atoms. The maximum absolute atomic E-state index is 12.2. The van der Waals surface area contributed by atoms with Gasteiger partial charge in [0.05, 0.1) is 6.42 Å². The van der Waals surface area contributed by atoms with E-state index in [1.165, 1.54) is 0 Å². The summed E-state index contributed by atoms with van der Waals surface area (Å²) in [6.07, 6.45) is -4.66. The molecule has 1 unspecified atom stereocenters. The van der Waals surface area contributed by atoms with Crippen LogP contribution in [0.4, 0.5) is 8.78 Å². The molecule has 0 bridgehead atoms. The molecule has 1 aromatic carbocycles. The number of benzene rings is 1. The summed E-state index contributed by atoms with van der Waals surface area (Å²) in [4.78, 5) is 3.94. The number of nitrogens with zero attached hydrogens (tertiary/aromatic N) is 2. The van der Waals surface area contributed by atoms with E-state index in [1.54, 1.807) is 12.1 Å². The molecule has 0 amide bonds. The first-order valence-electron chi connectivity index (χ1n) is 5.57. The van der Waals surface area contributed by atoms with Crippen LogP contribution in [0.1, 0.15) is 17.3 Å². The van der Waals surface area contributed by atoms with Gasteiger partial charge in [0.15, 0.2) is 5.82 Å². The lowest BCUT2D eigenvalue weighted by Crippen LogP contribution is -2.20.